The SMILES string of the molecule is O=COCC(c1ccc(F)cc1)c1coc2cc([N+](=O)[O-])c(C3CC3)cc12. The first kappa shape index (κ1) is 17.2. The Balaban J connectivity index is 1.84. The van der Waals surface area contributed by atoms with Crippen LogP contribution in [0.5, 0.6) is 0 Å². The van der Waals surface area contributed by atoms with Gasteiger partial charge in [-0.2, -0.15) is 0 Å². The molecule has 27 heavy (non-hydrogen) atoms. The first-order chi connectivity index (χ1) is 13.1. The van der Waals surface area contributed by atoms with Gasteiger partial charge in [-0.15, -0.1) is 0 Å². The van der Waals surface area contributed by atoms with Gasteiger partial charge in [-0.3, -0.25) is 14.9 Å². The average Bonchev–Trinajstić information content (AvgIpc) is 3.43. The molecule has 7 heteroatoms. The molecule has 0 amide bonds. The van der Waals surface area contributed by atoms with Crippen LogP contribution >= 0.6 is 0 Å². The molecule has 6 nitrogen and oxygen atoms in total. The Bertz CT molecular complexity index is 1010. The maximum Gasteiger partial charge on any atom is 0.293 e. The van der Waals surface area contributed by atoms with Gasteiger partial charge in [0.25, 0.3) is 12.2 Å². The highest BCUT2D eigenvalue weighted by Gasteiger charge is 2.32. The lowest BCUT2D eigenvalue weighted by atomic mass is 9.90. The largest absolute Gasteiger partial charge is 0.467 e. The van der Waals surface area contributed by atoms with Crippen molar-refractivity contribution in [3.63, 3.8) is 0 Å². The minimum atomic E-state index is -0.387. The van der Waals surface area contributed by atoms with Crippen LogP contribution in [0.1, 0.15) is 41.4 Å². The third-order valence-corrected chi connectivity index (χ3v) is 4.95. The van der Waals surface area contributed by atoms with Gasteiger partial charge < -0.3 is 9.15 Å². The average molecular weight is 369 g/mol. The predicted molar refractivity (Wildman–Crippen MR) is 95.1 cm³/mol. The third-order valence-electron chi connectivity index (χ3n) is 4.95. The van der Waals surface area contributed by atoms with E-state index >= 15 is 0 Å². The topological polar surface area (TPSA) is 82.6 Å². The standard InChI is InChI=1S/C20H16FNO5/c21-14-5-3-13(4-6-14)17(9-26-11-23)18-10-27-20-8-19(22(24)25)15(7-16(18)20)12-1-2-12/h3-8,10-12,17H,1-2,9H2. The molecule has 138 valence electrons. The van der Waals surface area contributed by atoms with Gasteiger partial charge in [0, 0.05) is 22.4 Å². The second-order valence-electron chi connectivity index (χ2n) is 6.66. The van der Waals surface area contributed by atoms with Gasteiger partial charge in [-0.05, 0) is 42.5 Å². The number of rotatable bonds is 7. The fourth-order valence-corrected chi connectivity index (χ4v) is 3.44. The number of hydrogen-bond donors (Lipinski definition) is 0. The van der Waals surface area contributed by atoms with E-state index in [0.29, 0.717) is 17.6 Å². The summed E-state index contributed by atoms with van der Waals surface area (Å²) in [6.07, 6.45) is 3.37. The Morgan fingerprint density at radius 3 is 2.67 bits per heavy atom. The van der Waals surface area contributed by atoms with Crippen LogP contribution in [0, 0.1) is 15.9 Å². The fraction of sp³-hybridized carbons (Fsp3) is 0.250. The van der Waals surface area contributed by atoms with E-state index in [4.69, 9.17) is 9.15 Å². The maximum atomic E-state index is 13.3. The molecule has 1 heterocycles. The van der Waals surface area contributed by atoms with Gasteiger partial charge in [-0.1, -0.05) is 12.1 Å². The van der Waals surface area contributed by atoms with Crippen LogP contribution in [0.2, 0.25) is 0 Å². The monoisotopic (exact) mass is 369 g/mol. The molecule has 0 bridgehead atoms. The molecule has 0 radical (unpaired) electrons. The number of nitrogens with zero attached hydrogens (tertiary/aromatic N) is 1. The van der Waals surface area contributed by atoms with Gasteiger partial charge in [0.2, 0.25) is 0 Å². The van der Waals surface area contributed by atoms with Crippen LogP contribution < -0.4 is 0 Å². The zero-order valence-corrected chi connectivity index (χ0v) is 14.3. The lowest BCUT2D eigenvalue weighted by molar-refractivity contribution is -0.385. The zero-order chi connectivity index (χ0) is 19.0. The number of carbonyl (C=O) groups is 1. The molecule has 2 aromatic carbocycles. The molecule has 0 saturated heterocycles. The molecule has 1 fully saturated rings. The fourth-order valence-electron chi connectivity index (χ4n) is 3.44. The van der Waals surface area contributed by atoms with Crippen molar-refractivity contribution in [2.45, 2.75) is 24.7 Å². The summed E-state index contributed by atoms with van der Waals surface area (Å²) in [5, 5.41) is 12.1. The van der Waals surface area contributed by atoms with Gasteiger partial charge in [0.1, 0.15) is 18.0 Å². The summed E-state index contributed by atoms with van der Waals surface area (Å²) in [4.78, 5) is 21.7. The molecule has 0 spiro atoms. The highest BCUT2D eigenvalue weighted by atomic mass is 19.1. The van der Waals surface area contributed by atoms with E-state index < -0.39 is 0 Å². The van der Waals surface area contributed by atoms with Crippen molar-refractivity contribution in [2.24, 2.45) is 0 Å². The van der Waals surface area contributed by atoms with Crippen LogP contribution in [-0.2, 0) is 9.53 Å². The lowest BCUT2D eigenvalue weighted by Crippen LogP contribution is -2.09. The van der Waals surface area contributed by atoms with Crippen molar-refractivity contribution in [1.29, 1.82) is 0 Å². The molecule has 1 aliphatic carbocycles. The van der Waals surface area contributed by atoms with Crippen LogP contribution in [-0.4, -0.2) is 18.0 Å². The van der Waals surface area contributed by atoms with E-state index in [2.05, 4.69) is 0 Å². The van der Waals surface area contributed by atoms with Crippen molar-refractivity contribution in [3.8, 4) is 0 Å². The molecule has 1 aromatic heterocycles. The highest BCUT2D eigenvalue weighted by molar-refractivity contribution is 5.86. The molecule has 0 N–H and O–H groups in total. The molecule has 1 aliphatic rings. The van der Waals surface area contributed by atoms with E-state index in [0.717, 1.165) is 29.4 Å². The number of halogens is 1. The Morgan fingerprint density at radius 2 is 2.04 bits per heavy atom. The molecule has 4 rings (SSSR count). The summed E-state index contributed by atoms with van der Waals surface area (Å²) < 4.78 is 23.9. The Morgan fingerprint density at radius 1 is 1.30 bits per heavy atom. The summed E-state index contributed by atoms with van der Waals surface area (Å²) >= 11 is 0. The van der Waals surface area contributed by atoms with Crippen molar-refractivity contribution in [2.75, 3.05) is 6.61 Å². The summed E-state index contributed by atoms with van der Waals surface area (Å²) in [5.41, 5.74) is 2.67. The van der Waals surface area contributed by atoms with Crippen LogP contribution in [0.4, 0.5) is 10.1 Å². The first-order valence-electron chi connectivity index (χ1n) is 8.58. The predicted octanol–water partition coefficient (Wildman–Crippen LogP) is 4.66. The van der Waals surface area contributed by atoms with Gasteiger partial charge in [0.15, 0.2) is 0 Å². The van der Waals surface area contributed by atoms with Crippen LogP contribution in [0.15, 0.2) is 47.1 Å². The number of nitro groups is 1. The van der Waals surface area contributed by atoms with Crippen molar-refractivity contribution >= 4 is 23.1 Å². The second-order valence-corrected chi connectivity index (χ2v) is 6.66. The molecular formula is C20H16FNO5. The van der Waals surface area contributed by atoms with E-state index in [-0.39, 0.29) is 34.9 Å². The molecule has 1 saturated carbocycles. The second kappa shape index (κ2) is 6.83. The minimum absolute atomic E-state index is 0.0551. The normalized spacial score (nSPS) is 14.9. The molecular weight excluding hydrogens is 353 g/mol. The first-order valence-corrected chi connectivity index (χ1v) is 8.58. The highest BCUT2D eigenvalue weighted by Crippen LogP contribution is 2.46. The van der Waals surface area contributed by atoms with Crippen molar-refractivity contribution in [1.82, 2.24) is 0 Å². The smallest absolute Gasteiger partial charge is 0.293 e. The quantitative estimate of drug-likeness (QED) is 0.344. The van der Waals surface area contributed by atoms with Gasteiger partial charge in [0.05, 0.1) is 17.3 Å². The summed E-state index contributed by atoms with van der Waals surface area (Å²) in [7, 11) is 0. The number of ether oxygens (including phenoxy) is 1. The van der Waals surface area contributed by atoms with E-state index in [1.54, 1.807) is 18.2 Å². The number of benzene rings is 2. The molecule has 1 atom stereocenters. The Labute approximate surface area is 153 Å². The lowest BCUT2D eigenvalue weighted by Gasteiger charge is -2.15. The number of furan rings is 1. The number of nitro benzene ring substituents is 1. The Hall–Kier alpha value is -3.22. The van der Waals surface area contributed by atoms with Crippen molar-refractivity contribution in [3.05, 3.63) is 75.3 Å². The van der Waals surface area contributed by atoms with E-state index in [9.17, 15) is 19.3 Å². The molecule has 1 unspecified atom stereocenters. The number of fused-ring (bicyclic) bond motifs is 1. The van der Waals surface area contributed by atoms with E-state index in [1.165, 1.54) is 24.5 Å². The van der Waals surface area contributed by atoms with Crippen molar-refractivity contribution < 1.29 is 23.3 Å². The summed E-state index contributed by atoms with van der Waals surface area (Å²) in [6.45, 7) is 0.415. The number of carbonyl (C=O) groups excluding carboxylic acids is 1. The van der Waals surface area contributed by atoms with Crippen LogP contribution in [0.25, 0.3) is 11.0 Å². The van der Waals surface area contributed by atoms with E-state index in [1.807, 2.05) is 0 Å². The Kier molecular flexibility index (Phi) is 4.35. The summed E-state index contributed by atoms with van der Waals surface area (Å²) in [6, 6.07) is 9.19. The maximum absolute atomic E-state index is 13.3. The van der Waals surface area contributed by atoms with Gasteiger partial charge >= 0.3 is 0 Å². The van der Waals surface area contributed by atoms with Gasteiger partial charge in [-0.25, -0.2) is 4.39 Å². The summed E-state index contributed by atoms with van der Waals surface area (Å²) in [5.74, 6) is -0.545. The third kappa shape index (κ3) is 3.28. The molecule has 3 aromatic rings. The van der Waals surface area contributed by atoms with Crippen LogP contribution in [0.3, 0.4) is 0 Å². The molecule has 0 aliphatic heterocycles. The minimum Gasteiger partial charge on any atom is -0.467 e. The number of hydrogen-bond acceptors (Lipinski definition) is 5. The zero-order valence-electron chi connectivity index (χ0n) is 14.3.